The van der Waals surface area contributed by atoms with Gasteiger partial charge in [-0.05, 0) is 65.4 Å². The number of hydrogen-bond acceptors (Lipinski definition) is 5. The summed E-state index contributed by atoms with van der Waals surface area (Å²) in [6.07, 6.45) is 5.59. The third-order valence-corrected chi connectivity index (χ3v) is 7.51. The van der Waals surface area contributed by atoms with Gasteiger partial charge in [-0.25, -0.2) is 4.79 Å². The van der Waals surface area contributed by atoms with Crippen molar-refractivity contribution in [3.8, 4) is 5.75 Å². The van der Waals surface area contributed by atoms with Crippen molar-refractivity contribution < 1.29 is 24.2 Å². The molecule has 0 aromatic heterocycles. The van der Waals surface area contributed by atoms with Crippen molar-refractivity contribution in [2.45, 2.75) is 130 Å². The lowest BCUT2D eigenvalue weighted by Gasteiger charge is -2.40. The van der Waals surface area contributed by atoms with Gasteiger partial charge in [0, 0.05) is 17.6 Å². The van der Waals surface area contributed by atoms with E-state index < -0.39 is 23.8 Å². The Hall–Kier alpha value is -2.77. The minimum Gasteiger partial charge on any atom is -0.507 e. The van der Waals surface area contributed by atoms with Crippen LogP contribution in [0.2, 0.25) is 0 Å². The van der Waals surface area contributed by atoms with E-state index in [1.807, 2.05) is 27.7 Å². The fraction of sp³-hybridized carbons (Fsp3) is 0.700. The summed E-state index contributed by atoms with van der Waals surface area (Å²) in [5, 5.41) is 17.0. The van der Waals surface area contributed by atoms with Crippen molar-refractivity contribution in [3.05, 3.63) is 29.3 Å². The van der Waals surface area contributed by atoms with E-state index in [-0.39, 0.29) is 35.6 Å². The van der Waals surface area contributed by atoms with Gasteiger partial charge < -0.3 is 25.4 Å². The van der Waals surface area contributed by atoms with Crippen molar-refractivity contribution in [3.63, 3.8) is 0 Å². The number of rotatable bonds is 10. The summed E-state index contributed by atoms with van der Waals surface area (Å²) in [7, 11) is 0. The number of alkyl carbamates (subject to hydrolysis) is 1. The van der Waals surface area contributed by atoms with Crippen molar-refractivity contribution in [2.75, 3.05) is 0 Å². The molecule has 3 amide bonds. The molecule has 1 saturated carbocycles. The first-order valence-corrected chi connectivity index (χ1v) is 14.2. The molecule has 0 radical (unpaired) electrons. The van der Waals surface area contributed by atoms with Gasteiger partial charge in [0.2, 0.25) is 11.8 Å². The van der Waals surface area contributed by atoms with Crippen LogP contribution in [-0.4, -0.2) is 51.6 Å². The Bertz CT molecular complexity index is 952. The molecule has 1 fully saturated rings. The highest BCUT2D eigenvalue weighted by molar-refractivity contribution is 5.93. The molecule has 1 aliphatic rings. The zero-order chi connectivity index (χ0) is 28.6. The summed E-state index contributed by atoms with van der Waals surface area (Å²) >= 11 is 0. The zero-order valence-corrected chi connectivity index (χ0v) is 24.6. The van der Waals surface area contributed by atoms with Gasteiger partial charge in [-0.15, -0.1) is 0 Å². The van der Waals surface area contributed by atoms with Gasteiger partial charge in [0.05, 0.1) is 0 Å². The lowest BCUT2D eigenvalue weighted by molar-refractivity contribution is -0.146. The van der Waals surface area contributed by atoms with Gasteiger partial charge in [-0.2, -0.15) is 0 Å². The van der Waals surface area contributed by atoms with Gasteiger partial charge in [0.1, 0.15) is 23.4 Å². The summed E-state index contributed by atoms with van der Waals surface area (Å²) in [6.45, 7) is 14.8. The van der Waals surface area contributed by atoms with Crippen LogP contribution < -0.4 is 10.6 Å². The maximum atomic E-state index is 14.3. The van der Waals surface area contributed by atoms with Crippen LogP contribution in [0.1, 0.15) is 111 Å². The molecule has 0 spiro atoms. The predicted octanol–water partition coefficient (Wildman–Crippen LogP) is 5.76. The Kier molecular flexibility index (Phi) is 11.5. The molecule has 1 aromatic carbocycles. The van der Waals surface area contributed by atoms with Crippen LogP contribution >= 0.6 is 0 Å². The van der Waals surface area contributed by atoms with Crippen LogP contribution in [0, 0.1) is 12.8 Å². The second kappa shape index (κ2) is 13.9. The maximum Gasteiger partial charge on any atom is 0.408 e. The van der Waals surface area contributed by atoms with E-state index in [1.54, 1.807) is 50.8 Å². The third kappa shape index (κ3) is 8.37. The molecule has 0 heterocycles. The van der Waals surface area contributed by atoms with E-state index in [4.69, 9.17) is 4.74 Å². The third-order valence-electron chi connectivity index (χ3n) is 7.51. The van der Waals surface area contributed by atoms with Gasteiger partial charge in [0.15, 0.2) is 0 Å². The molecule has 0 saturated heterocycles. The van der Waals surface area contributed by atoms with E-state index in [0.29, 0.717) is 24.0 Å². The number of ether oxygens (including phenoxy) is 1. The largest absolute Gasteiger partial charge is 0.507 e. The molecule has 4 atom stereocenters. The molecule has 2 rings (SSSR count). The molecular formula is C30H49N3O5. The molecule has 1 aliphatic carbocycles. The normalized spacial score (nSPS) is 17.6. The van der Waals surface area contributed by atoms with Gasteiger partial charge in [0.25, 0.3) is 0 Å². The number of aromatic hydroxyl groups is 1. The van der Waals surface area contributed by atoms with Crippen LogP contribution in [0.4, 0.5) is 4.79 Å². The van der Waals surface area contributed by atoms with Crippen molar-refractivity contribution in [2.24, 2.45) is 5.92 Å². The molecule has 3 N–H and O–H groups in total. The highest BCUT2D eigenvalue weighted by atomic mass is 16.6. The first kappa shape index (κ1) is 31.4. The Balaban J connectivity index is 2.57. The molecule has 8 nitrogen and oxygen atoms in total. The monoisotopic (exact) mass is 531 g/mol. The molecule has 1 aromatic rings. The molecule has 0 aliphatic heterocycles. The second-order valence-corrected chi connectivity index (χ2v) is 11.8. The molecule has 38 heavy (non-hydrogen) atoms. The van der Waals surface area contributed by atoms with E-state index >= 15 is 0 Å². The van der Waals surface area contributed by atoms with E-state index in [1.165, 1.54) is 0 Å². The Morgan fingerprint density at radius 3 is 2.26 bits per heavy atom. The minimum atomic E-state index is -1.05. The van der Waals surface area contributed by atoms with Gasteiger partial charge >= 0.3 is 6.09 Å². The number of phenolic OH excluding ortho intramolecular Hbond substituents is 1. The van der Waals surface area contributed by atoms with E-state index in [9.17, 15) is 19.5 Å². The van der Waals surface area contributed by atoms with E-state index in [2.05, 4.69) is 10.6 Å². The number of benzene rings is 1. The zero-order valence-electron chi connectivity index (χ0n) is 24.6. The average molecular weight is 532 g/mol. The van der Waals surface area contributed by atoms with Crippen LogP contribution in [-0.2, 0) is 14.3 Å². The number of amides is 3. The number of nitrogens with zero attached hydrogens (tertiary/aromatic N) is 1. The van der Waals surface area contributed by atoms with Crippen LogP contribution in [0.15, 0.2) is 18.2 Å². The SMILES string of the molecule is CCC(C)C(NC(=O)OC(C)(C)C)C(=O)N(C(C)CC)C(C(=O)NC1CCCCC1)c1cccc(C)c1O. The van der Waals surface area contributed by atoms with E-state index in [0.717, 1.165) is 32.1 Å². The Morgan fingerprint density at radius 1 is 1.08 bits per heavy atom. The first-order chi connectivity index (χ1) is 17.8. The summed E-state index contributed by atoms with van der Waals surface area (Å²) in [5.74, 6) is -0.900. The smallest absolute Gasteiger partial charge is 0.408 e. The lowest BCUT2D eigenvalue weighted by Crippen LogP contribution is -2.57. The molecule has 4 unspecified atom stereocenters. The topological polar surface area (TPSA) is 108 Å². The fourth-order valence-electron chi connectivity index (χ4n) is 4.92. The lowest BCUT2D eigenvalue weighted by atomic mass is 9.92. The number of phenols is 1. The number of carbonyl (C=O) groups excluding carboxylic acids is 3. The fourth-order valence-corrected chi connectivity index (χ4v) is 4.92. The number of nitrogens with one attached hydrogen (secondary N) is 2. The predicted molar refractivity (Wildman–Crippen MR) is 150 cm³/mol. The summed E-state index contributed by atoms with van der Waals surface area (Å²) in [4.78, 5) is 42.7. The summed E-state index contributed by atoms with van der Waals surface area (Å²) in [6, 6.07) is 3.01. The summed E-state index contributed by atoms with van der Waals surface area (Å²) in [5.41, 5.74) is 0.284. The Morgan fingerprint density at radius 2 is 1.71 bits per heavy atom. The number of carbonyl (C=O) groups is 3. The molecular weight excluding hydrogens is 482 g/mol. The van der Waals surface area contributed by atoms with Gasteiger partial charge in [-0.1, -0.05) is 64.7 Å². The number of hydrogen-bond donors (Lipinski definition) is 3. The second-order valence-electron chi connectivity index (χ2n) is 11.8. The van der Waals surface area contributed by atoms with Crippen LogP contribution in [0.5, 0.6) is 5.75 Å². The highest BCUT2D eigenvalue weighted by Crippen LogP contribution is 2.35. The van der Waals surface area contributed by atoms with Crippen molar-refractivity contribution in [1.29, 1.82) is 0 Å². The van der Waals surface area contributed by atoms with Crippen molar-refractivity contribution in [1.82, 2.24) is 15.5 Å². The first-order valence-electron chi connectivity index (χ1n) is 14.2. The summed E-state index contributed by atoms with van der Waals surface area (Å²) < 4.78 is 5.47. The molecule has 214 valence electrons. The van der Waals surface area contributed by atoms with Crippen LogP contribution in [0.25, 0.3) is 0 Å². The van der Waals surface area contributed by atoms with Crippen LogP contribution in [0.3, 0.4) is 0 Å². The quantitative estimate of drug-likeness (QED) is 0.356. The minimum absolute atomic E-state index is 0.00223. The molecule has 8 heteroatoms. The Labute approximate surface area is 228 Å². The highest BCUT2D eigenvalue weighted by Gasteiger charge is 2.41. The number of aryl methyl sites for hydroxylation is 1. The standard InChI is InChI=1S/C30H49N3O5/c1-9-19(3)24(32-29(37)38-30(6,7)8)28(36)33(21(5)10-2)25(23-18-14-15-20(4)26(23)34)27(35)31-22-16-12-11-13-17-22/h14-15,18-19,21-22,24-25,34H,9-13,16-17H2,1-8H3,(H,31,35)(H,32,37). The average Bonchev–Trinajstić information content (AvgIpc) is 2.86. The number of para-hydroxylation sites is 1. The van der Waals surface area contributed by atoms with Crippen molar-refractivity contribution >= 4 is 17.9 Å². The van der Waals surface area contributed by atoms with Gasteiger partial charge in [-0.3, -0.25) is 9.59 Å². The molecule has 0 bridgehead atoms. The maximum absolute atomic E-state index is 14.3.